The maximum atomic E-state index is 11.3. The van der Waals surface area contributed by atoms with E-state index in [9.17, 15) is 15.4 Å². The second kappa shape index (κ2) is 10.3. The van der Waals surface area contributed by atoms with Crippen LogP contribution in [-0.4, -0.2) is 58.0 Å². The summed E-state index contributed by atoms with van der Waals surface area (Å²) in [5.74, 6) is 0. The molecule has 0 N–H and O–H groups in total. The molecule has 1 saturated heterocycles. The highest BCUT2D eigenvalue weighted by Crippen LogP contribution is 2.61. The second-order valence-corrected chi connectivity index (χ2v) is 11.7. The lowest BCUT2D eigenvalue weighted by atomic mass is 10.2. The lowest BCUT2D eigenvalue weighted by Gasteiger charge is -2.45. The van der Waals surface area contributed by atoms with Crippen molar-refractivity contribution in [3.63, 3.8) is 0 Å². The van der Waals surface area contributed by atoms with E-state index < -0.39 is 12.3 Å². The Morgan fingerprint density at radius 2 is 1.81 bits per heavy atom. The number of hydrogen-bond acceptors (Lipinski definition) is 6. The quantitative estimate of drug-likeness (QED) is 0.262. The molecule has 11 heteroatoms. The Kier molecular flexibility index (Phi) is 6.94. The van der Waals surface area contributed by atoms with Crippen LogP contribution in [-0.2, 0) is 4.74 Å². The minimum absolute atomic E-state index is 0.0173. The molecule has 1 aromatic heterocycles. The molecule has 5 rings (SSSR count). The minimum atomic E-state index is -2.75. The Bertz CT molecular complexity index is 1440. The summed E-state index contributed by atoms with van der Waals surface area (Å²) in [4.78, 5) is 10.9. The molecule has 0 spiro atoms. The van der Waals surface area contributed by atoms with E-state index in [4.69, 9.17) is 14.6 Å². The highest BCUT2D eigenvalue weighted by molar-refractivity contribution is 7.70. The normalized spacial score (nSPS) is 19.3. The molecule has 0 amide bonds. The largest absolute Gasteiger partial charge is 0.379 e. The zero-order chi connectivity index (χ0) is 26.0. The van der Waals surface area contributed by atoms with Crippen molar-refractivity contribution in [2.24, 2.45) is 9.85 Å². The van der Waals surface area contributed by atoms with E-state index in [1.54, 1.807) is 12.1 Å². The van der Waals surface area contributed by atoms with Gasteiger partial charge in [-0.05, 0) is 38.1 Å². The molecule has 0 bridgehead atoms. The first kappa shape index (κ1) is 24.9. The van der Waals surface area contributed by atoms with Gasteiger partial charge >= 0.3 is 0 Å². The Morgan fingerprint density at radius 3 is 2.46 bits per heavy atom. The first-order valence-corrected chi connectivity index (χ1v) is 13.8. The number of rotatable bonds is 6. The summed E-state index contributed by atoms with van der Waals surface area (Å²) in [5, 5.41) is 26.7. The van der Waals surface area contributed by atoms with Crippen molar-refractivity contribution in [2.45, 2.75) is 20.3 Å². The smallest absolute Gasteiger partial charge is 0.269 e. The highest BCUT2D eigenvalue weighted by Gasteiger charge is 2.44. The van der Waals surface area contributed by atoms with Crippen molar-refractivity contribution >= 4 is 30.2 Å². The van der Waals surface area contributed by atoms with Crippen LogP contribution in [0.25, 0.3) is 5.69 Å². The van der Waals surface area contributed by atoms with Crippen LogP contribution in [0, 0.1) is 35.3 Å². The van der Waals surface area contributed by atoms with Gasteiger partial charge in [0.05, 0.1) is 54.4 Å². The van der Waals surface area contributed by atoms with Gasteiger partial charge in [0, 0.05) is 47.9 Å². The van der Waals surface area contributed by atoms with Crippen LogP contribution in [0.1, 0.15) is 23.4 Å². The van der Waals surface area contributed by atoms with Gasteiger partial charge in [-0.25, -0.2) is 14.2 Å². The van der Waals surface area contributed by atoms with E-state index >= 15 is 0 Å². The fourth-order valence-electron chi connectivity index (χ4n) is 5.09. The zero-order valence-electron chi connectivity index (χ0n) is 20.8. The van der Waals surface area contributed by atoms with Crippen molar-refractivity contribution < 1.29 is 9.66 Å². The van der Waals surface area contributed by atoms with E-state index in [1.165, 1.54) is 12.1 Å². The van der Waals surface area contributed by atoms with Crippen LogP contribution < -0.4 is 5.30 Å². The topological polar surface area (TPSA) is 112 Å². The summed E-state index contributed by atoms with van der Waals surface area (Å²) in [6.07, 6.45) is 2.19. The van der Waals surface area contributed by atoms with Crippen molar-refractivity contribution in [2.75, 3.05) is 32.8 Å². The van der Waals surface area contributed by atoms with Crippen molar-refractivity contribution in [3.05, 3.63) is 81.7 Å². The molecule has 10 nitrogen and oxygen atoms in total. The Hall–Kier alpha value is -3.77. The first-order chi connectivity index (χ1) is 18.0. The molecule has 0 saturated carbocycles. The number of fused-ring (bicyclic) bond motifs is 1. The standard InChI is InChI=1S/C26H28N7O3P/c1-20-25-19-28-31(14-6-13-27)37(30-15-17-36-18-16-30,29-22-9-11-24(12-10-22)33(34)35)26(25)21(2)32(20)23-7-4-3-5-8-23/h3-5,7-12,19H,6,14-18H2,1-2H3/t37-/m0/s1. The number of nitro groups is 1. The summed E-state index contributed by atoms with van der Waals surface area (Å²) < 4.78 is 17.7. The number of hydrazone groups is 1. The third-order valence-electron chi connectivity index (χ3n) is 6.74. The molecule has 2 aliphatic heterocycles. The molecule has 37 heavy (non-hydrogen) atoms. The van der Waals surface area contributed by atoms with Gasteiger partial charge in [-0.1, -0.05) is 18.2 Å². The van der Waals surface area contributed by atoms with E-state index in [-0.39, 0.29) is 5.69 Å². The number of hydrogen-bond donors (Lipinski definition) is 0. The predicted molar refractivity (Wildman–Crippen MR) is 144 cm³/mol. The van der Waals surface area contributed by atoms with Crippen molar-refractivity contribution in [1.82, 2.24) is 14.0 Å². The Balaban J connectivity index is 1.82. The number of nitriles is 1. The maximum absolute atomic E-state index is 11.3. The van der Waals surface area contributed by atoms with Gasteiger partial charge in [0.25, 0.3) is 5.69 Å². The van der Waals surface area contributed by atoms with Gasteiger partial charge in [0.2, 0.25) is 0 Å². The summed E-state index contributed by atoms with van der Waals surface area (Å²) in [5.41, 5.74) is 4.87. The molecule has 190 valence electrons. The summed E-state index contributed by atoms with van der Waals surface area (Å²) in [6.45, 7) is 7.09. The monoisotopic (exact) mass is 517 g/mol. The number of benzene rings is 2. The number of para-hydroxylation sites is 1. The second-order valence-electron chi connectivity index (χ2n) is 8.86. The first-order valence-electron chi connectivity index (χ1n) is 12.1. The van der Waals surface area contributed by atoms with Crippen molar-refractivity contribution in [3.8, 4) is 11.8 Å². The Morgan fingerprint density at radius 1 is 1.11 bits per heavy atom. The third kappa shape index (κ3) is 4.36. The molecule has 2 aliphatic rings. The number of non-ortho nitro benzene ring substituents is 1. The molecule has 3 aromatic rings. The number of nitro benzene ring substituents is 1. The van der Waals surface area contributed by atoms with E-state index in [0.29, 0.717) is 45.0 Å². The molecule has 0 unspecified atom stereocenters. The summed E-state index contributed by atoms with van der Waals surface area (Å²) >= 11 is 0. The average Bonchev–Trinajstić information content (AvgIpc) is 3.19. The highest BCUT2D eigenvalue weighted by atomic mass is 31.2. The molecule has 1 fully saturated rings. The lowest BCUT2D eigenvalue weighted by Crippen LogP contribution is -2.44. The van der Waals surface area contributed by atoms with E-state index in [2.05, 4.69) is 41.3 Å². The molecular formula is C26H28N7O3P. The van der Waals surface area contributed by atoms with Gasteiger partial charge in [0.1, 0.15) is 0 Å². The predicted octanol–water partition coefficient (Wildman–Crippen LogP) is 4.89. The number of ether oxygens (including phenoxy) is 1. The summed E-state index contributed by atoms with van der Waals surface area (Å²) in [6, 6.07) is 18.8. The Labute approximate surface area is 215 Å². The maximum Gasteiger partial charge on any atom is 0.269 e. The molecular weight excluding hydrogens is 489 g/mol. The number of morpholine rings is 1. The van der Waals surface area contributed by atoms with Crippen LogP contribution in [0.4, 0.5) is 11.4 Å². The van der Waals surface area contributed by atoms with Gasteiger partial charge in [-0.15, -0.1) is 0 Å². The minimum Gasteiger partial charge on any atom is -0.379 e. The van der Waals surface area contributed by atoms with Gasteiger partial charge in [-0.3, -0.25) is 10.1 Å². The van der Waals surface area contributed by atoms with Crippen LogP contribution in [0.5, 0.6) is 0 Å². The fraction of sp³-hybridized carbons (Fsp3) is 0.308. The van der Waals surface area contributed by atoms with Gasteiger partial charge in [0.15, 0.2) is 7.36 Å². The molecule has 3 heterocycles. The lowest BCUT2D eigenvalue weighted by molar-refractivity contribution is -0.384. The summed E-state index contributed by atoms with van der Waals surface area (Å²) in [7, 11) is -2.75. The average molecular weight is 518 g/mol. The number of aromatic nitrogens is 1. The number of nitrogens with zero attached hydrogens (tertiary/aromatic N) is 7. The van der Waals surface area contributed by atoms with Crippen LogP contribution in [0.3, 0.4) is 0 Å². The van der Waals surface area contributed by atoms with Crippen molar-refractivity contribution in [1.29, 1.82) is 5.26 Å². The zero-order valence-corrected chi connectivity index (χ0v) is 21.7. The van der Waals surface area contributed by atoms with Gasteiger partial charge < -0.3 is 9.30 Å². The molecule has 0 radical (unpaired) electrons. The van der Waals surface area contributed by atoms with Gasteiger partial charge in [-0.2, -0.15) is 10.4 Å². The molecule has 0 aliphatic carbocycles. The fourth-order valence-corrected chi connectivity index (χ4v) is 9.05. The van der Waals surface area contributed by atoms with Crippen LogP contribution in [0.2, 0.25) is 0 Å². The molecule has 2 aromatic carbocycles. The van der Waals surface area contributed by atoms with Crippen LogP contribution >= 0.6 is 7.36 Å². The van der Waals surface area contributed by atoms with E-state index in [1.807, 2.05) is 29.2 Å². The SMILES string of the molecule is Cc1c2c(c(C)n1-c1ccccc1)[P@](=Nc1ccc([N+](=O)[O-])cc1)(N1CCOCC1)N(CCC#N)N=C2. The van der Waals surface area contributed by atoms with E-state index in [0.717, 1.165) is 27.9 Å². The van der Waals surface area contributed by atoms with Crippen LogP contribution in [0.15, 0.2) is 64.4 Å². The third-order valence-corrected chi connectivity index (χ3v) is 10.5. The molecule has 1 atom stereocenters.